The molecular formula is C15H14N6O2. The fourth-order valence-electron chi connectivity index (χ4n) is 3.05. The van der Waals surface area contributed by atoms with Crippen LogP contribution in [0.1, 0.15) is 24.6 Å². The van der Waals surface area contributed by atoms with Crippen LogP contribution in [0.3, 0.4) is 0 Å². The summed E-state index contributed by atoms with van der Waals surface area (Å²) in [5.41, 5.74) is 2.37. The van der Waals surface area contributed by atoms with E-state index in [-0.39, 0.29) is 5.92 Å². The topological polar surface area (TPSA) is 82.8 Å². The van der Waals surface area contributed by atoms with Gasteiger partial charge in [-0.05, 0) is 25.0 Å². The molecule has 8 heteroatoms. The smallest absolute Gasteiger partial charge is 0.306 e. The molecule has 5 heterocycles. The summed E-state index contributed by atoms with van der Waals surface area (Å²) in [6.45, 7) is 1.49. The van der Waals surface area contributed by atoms with E-state index in [1.807, 2.05) is 27.2 Å². The van der Waals surface area contributed by atoms with E-state index in [9.17, 15) is 0 Å². The summed E-state index contributed by atoms with van der Waals surface area (Å²) in [5.74, 6) is 1.64. The van der Waals surface area contributed by atoms with Crippen LogP contribution in [0.2, 0.25) is 0 Å². The van der Waals surface area contributed by atoms with E-state index >= 15 is 0 Å². The molecule has 0 bridgehead atoms. The van der Waals surface area contributed by atoms with Gasteiger partial charge in [0.1, 0.15) is 17.7 Å². The molecule has 0 saturated carbocycles. The number of hydrogen-bond acceptors (Lipinski definition) is 6. The summed E-state index contributed by atoms with van der Waals surface area (Å²) in [6.07, 6.45) is 7.29. The highest BCUT2D eigenvalue weighted by atomic mass is 16.5. The lowest BCUT2D eigenvalue weighted by molar-refractivity contribution is 0.0774. The van der Waals surface area contributed by atoms with Crippen molar-refractivity contribution in [1.82, 2.24) is 29.2 Å². The second-order valence-electron chi connectivity index (χ2n) is 5.66. The average Bonchev–Trinajstić information content (AvgIpc) is 3.30. The predicted molar refractivity (Wildman–Crippen MR) is 80.0 cm³/mol. The zero-order valence-electron chi connectivity index (χ0n) is 12.3. The Balaban J connectivity index is 1.64. The van der Waals surface area contributed by atoms with Gasteiger partial charge in [0.05, 0.1) is 6.61 Å². The van der Waals surface area contributed by atoms with E-state index < -0.39 is 0 Å². The van der Waals surface area contributed by atoms with Crippen molar-refractivity contribution in [3.05, 3.63) is 36.6 Å². The number of fused-ring (bicyclic) bond motifs is 2. The molecular weight excluding hydrogens is 296 g/mol. The van der Waals surface area contributed by atoms with Gasteiger partial charge in [-0.25, -0.2) is 4.98 Å². The van der Waals surface area contributed by atoms with Crippen LogP contribution in [0.15, 0.2) is 35.2 Å². The minimum absolute atomic E-state index is 0.235. The lowest BCUT2D eigenvalue weighted by Crippen LogP contribution is -2.18. The van der Waals surface area contributed by atoms with E-state index in [2.05, 4.69) is 15.2 Å². The van der Waals surface area contributed by atoms with E-state index in [4.69, 9.17) is 14.3 Å². The molecule has 4 aromatic heterocycles. The monoisotopic (exact) mass is 310 g/mol. The fraction of sp³-hybridized carbons (Fsp3) is 0.333. The van der Waals surface area contributed by atoms with Crippen molar-refractivity contribution in [2.75, 3.05) is 13.2 Å². The minimum Gasteiger partial charge on any atom is -0.431 e. The number of hydrogen-bond donors (Lipinski definition) is 0. The van der Waals surface area contributed by atoms with Crippen LogP contribution in [0.25, 0.3) is 22.9 Å². The van der Waals surface area contributed by atoms with E-state index in [0.717, 1.165) is 42.3 Å². The number of aromatic nitrogens is 6. The van der Waals surface area contributed by atoms with Crippen molar-refractivity contribution in [2.24, 2.45) is 0 Å². The first-order chi connectivity index (χ1) is 11.4. The molecule has 0 N–H and O–H groups in total. The van der Waals surface area contributed by atoms with Gasteiger partial charge in [0.25, 0.3) is 0 Å². The fourth-order valence-corrected chi connectivity index (χ4v) is 3.05. The Morgan fingerprint density at radius 2 is 2.22 bits per heavy atom. The van der Waals surface area contributed by atoms with Crippen LogP contribution >= 0.6 is 0 Å². The van der Waals surface area contributed by atoms with Crippen LogP contribution in [0.4, 0.5) is 0 Å². The Labute approximate surface area is 130 Å². The molecule has 23 heavy (non-hydrogen) atoms. The first-order valence-corrected chi connectivity index (χ1v) is 7.61. The summed E-state index contributed by atoms with van der Waals surface area (Å²) in [7, 11) is 0. The van der Waals surface area contributed by atoms with Gasteiger partial charge in [0.15, 0.2) is 11.5 Å². The number of oxazole rings is 1. The number of nitrogens with zero attached hydrogens (tertiary/aromatic N) is 6. The van der Waals surface area contributed by atoms with Gasteiger partial charge in [-0.2, -0.15) is 9.61 Å². The number of imidazole rings is 1. The molecule has 1 atom stereocenters. The molecule has 1 unspecified atom stereocenters. The molecule has 116 valence electrons. The molecule has 1 saturated heterocycles. The zero-order valence-corrected chi connectivity index (χ0v) is 12.3. The molecule has 0 spiro atoms. The van der Waals surface area contributed by atoms with Crippen molar-refractivity contribution in [3.63, 3.8) is 0 Å². The van der Waals surface area contributed by atoms with Gasteiger partial charge in [-0.3, -0.25) is 4.40 Å². The summed E-state index contributed by atoms with van der Waals surface area (Å²) in [5, 5.41) is 13.3. The quantitative estimate of drug-likeness (QED) is 0.562. The van der Waals surface area contributed by atoms with Crippen LogP contribution in [0.5, 0.6) is 0 Å². The summed E-state index contributed by atoms with van der Waals surface area (Å²) in [6, 6.07) is 3.83. The van der Waals surface area contributed by atoms with Gasteiger partial charge >= 0.3 is 5.84 Å². The highest BCUT2D eigenvalue weighted by molar-refractivity contribution is 5.58. The van der Waals surface area contributed by atoms with Crippen molar-refractivity contribution < 1.29 is 9.15 Å². The molecule has 1 aliphatic rings. The maximum absolute atomic E-state index is 5.57. The van der Waals surface area contributed by atoms with Crippen molar-refractivity contribution in [2.45, 2.75) is 18.8 Å². The Kier molecular flexibility index (Phi) is 2.71. The Morgan fingerprint density at radius 3 is 3.13 bits per heavy atom. The summed E-state index contributed by atoms with van der Waals surface area (Å²) in [4.78, 5) is 4.13. The van der Waals surface area contributed by atoms with Crippen LogP contribution in [-0.4, -0.2) is 42.4 Å². The Morgan fingerprint density at radius 1 is 1.22 bits per heavy atom. The lowest BCUT2D eigenvalue weighted by atomic mass is 10.0. The van der Waals surface area contributed by atoms with E-state index in [0.29, 0.717) is 12.5 Å². The van der Waals surface area contributed by atoms with Gasteiger partial charge in [-0.15, -0.1) is 10.2 Å². The molecule has 0 radical (unpaired) electrons. The maximum atomic E-state index is 5.57. The second kappa shape index (κ2) is 4.88. The Hall–Kier alpha value is -2.74. The molecule has 5 rings (SSSR count). The summed E-state index contributed by atoms with van der Waals surface area (Å²) >= 11 is 0. The lowest BCUT2D eigenvalue weighted by Gasteiger charge is -2.20. The van der Waals surface area contributed by atoms with Crippen LogP contribution < -0.4 is 0 Å². The van der Waals surface area contributed by atoms with Gasteiger partial charge in [0.2, 0.25) is 0 Å². The van der Waals surface area contributed by atoms with Gasteiger partial charge in [-0.1, -0.05) is 0 Å². The highest BCUT2D eigenvalue weighted by Crippen LogP contribution is 2.25. The van der Waals surface area contributed by atoms with Gasteiger partial charge in [0, 0.05) is 24.9 Å². The molecule has 1 aliphatic heterocycles. The van der Waals surface area contributed by atoms with Crippen LogP contribution in [0, 0.1) is 0 Å². The summed E-state index contributed by atoms with van der Waals surface area (Å²) < 4.78 is 14.7. The van der Waals surface area contributed by atoms with Gasteiger partial charge < -0.3 is 9.15 Å². The normalized spacial score (nSPS) is 18.9. The second-order valence-corrected chi connectivity index (χ2v) is 5.66. The average molecular weight is 310 g/mol. The number of ether oxygens (including phenoxy) is 1. The number of rotatable bonds is 2. The first-order valence-electron chi connectivity index (χ1n) is 7.61. The van der Waals surface area contributed by atoms with Crippen molar-refractivity contribution >= 4 is 11.5 Å². The molecule has 0 amide bonds. The third-order valence-corrected chi connectivity index (χ3v) is 4.22. The third-order valence-electron chi connectivity index (χ3n) is 4.22. The minimum atomic E-state index is 0.235. The highest BCUT2D eigenvalue weighted by Gasteiger charge is 2.22. The zero-order chi connectivity index (χ0) is 15.2. The molecule has 1 fully saturated rings. The predicted octanol–water partition coefficient (Wildman–Crippen LogP) is 1.93. The first kappa shape index (κ1) is 12.8. The molecule has 0 aliphatic carbocycles. The Bertz CT molecular complexity index is 978. The largest absolute Gasteiger partial charge is 0.431 e. The molecule has 8 nitrogen and oxygen atoms in total. The van der Waals surface area contributed by atoms with Crippen molar-refractivity contribution in [1.29, 1.82) is 0 Å². The van der Waals surface area contributed by atoms with E-state index in [1.54, 1.807) is 12.5 Å². The van der Waals surface area contributed by atoms with Crippen LogP contribution in [-0.2, 0) is 4.74 Å². The maximum Gasteiger partial charge on any atom is 0.306 e. The standard InChI is InChI=1S/C15H14N6O2/c1-2-10(8-22-7-1)14-18-17-13-4-3-11(19-21(13)14)12-9-23-15-16-5-6-20(12)15/h3-6,9-10H,1-2,7-8H2. The molecule has 0 aromatic carbocycles. The third kappa shape index (κ3) is 1.95. The SMILES string of the molecule is c1cn2c(-c3ccc4nnc(C5CCCOC5)n4n3)coc2n1. The van der Waals surface area contributed by atoms with Crippen molar-refractivity contribution in [3.8, 4) is 11.4 Å². The van der Waals surface area contributed by atoms with E-state index in [1.165, 1.54) is 0 Å². The molecule has 4 aromatic rings.